The van der Waals surface area contributed by atoms with Crippen molar-refractivity contribution in [2.45, 2.75) is 31.0 Å². The lowest BCUT2D eigenvalue weighted by molar-refractivity contribution is -0.114. The van der Waals surface area contributed by atoms with Gasteiger partial charge in [-0.1, -0.05) is 6.08 Å². The number of rotatable bonds is 3. The highest BCUT2D eigenvalue weighted by Crippen LogP contribution is 2.26. The van der Waals surface area contributed by atoms with Crippen LogP contribution in [0.1, 0.15) is 6.42 Å². The van der Waals surface area contributed by atoms with E-state index in [0.717, 1.165) is 0 Å². The molecular formula is C11H16N2O5. The number of nitrogens with two attached hydrogens (primary N) is 1. The number of ether oxygens (including phenoxy) is 1. The van der Waals surface area contributed by atoms with Gasteiger partial charge in [0.25, 0.3) is 0 Å². The first kappa shape index (κ1) is 13.0. The third-order valence-corrected chi connectivity index (χ3v) is 3.05. The number of allylic oxidation sites excluding steroid dienone is 1. The third kappa shape index (κ3) is 2.25. The van der Waals surface area contributed by atoms with Crippen LogP contribution in [0.3, 0.4) is 0 Å². The minimum Gasteiger partial charge on any atom is -0.394 e. The van der Waals surface area contributed by atoms with E-state index in [-0.39, 0.29) is 0 Å². The molecule has 7 heteroatoms. The lowest BCUT2D eigenvalue weighted by Crippen LogP contribution is -2.40. The topological polar surface area (TPSA) is 116 Å². The number of carbonyl (C=O) groups is 1. The number of primary amides is 1. The minimum absolute atomic E-state index is 0.384. The fourth-order valence-corrected chi connectivity index (χ4v) is 2.03. The number of hydrogen-bond acceptors (Lipinski definition) is 6. The number of aliphatic hydroxyl groups is 3. The van der Waals surface area contributed by atoms with Gasteiger partial charge in [-0.05, 0) is 6.42 Å². The van der Waals surface area contributed by atoms with Gasteiger partial charge < -0.3 is 30.7 Å². The molecule has 7 nitrogen and oxygen atoms in total. The first-order valence-electron chi connectivity index (χ1n) is 5.61. The zero-order valence-electron chi connectivity index (χ0n) is 9.64. The van der Waals surface area contributed by atoms with Crippen LogP contribution in [0.25, 0.3) is 0 Å². The van der Waals surface area contributed by atoms with Gasteiger partial charge in [0.15, 0.2) is 6.23 Å². The molecule has 1 fully saturated rings. The van der Waals surface area contributed by atoms with Crippen molar-refractivity contribution in [3.8, 4) is 0 Å². The Kier molecular flexibility index (Phi) is 3.67. The Morgan fingerprint density at radius 2 is 2.22 bits per heavy atom. The van der Waals surface area contributed by atoms with Crippen LogP contribution in [0.15, 0.2) is 24.0 Å². The van der Waals surface area contributed by atoms with Crippen LogP contribution < -0.4 is 5.73 Å². The first-order chi connectivity index (χ1) is 8.54. The number of aliphatic hydroxyl groups excluding tert-OH is 3. The Bertz CT molecular complexity index is 395. The Morgan fingerprint density at radius 3 is 2.78 bits per heavy atom. The van der Waals surface area contributed by atoms with Crippen molar-refractivity contribution >= 4 is 5.91 Å². The molecule has 1 amide bonds. The van der Waals surface area contributed by atoms with E-state index < -0.39 is 37.1 Å². The molecule has 2 heterocycles. The molecule has 2 aliphatic heterocycles. The molecule has 0 aromatic heterocycles. The summed E-state index contributed by atoms with van der Waals surface area (Å²) in [5.74, 6) is -0.545. The zero-order valence-corrected chi connectivity index (χ0v) is 9.64. The molecule has 5 N–H and O–H groups in total. The van der Waals surface area contributed by atoms with Gasteiger partial charge in [-0.2, -0.15) is 0 Å². The molecule has 0 unspecified atom stereocenters. The molecule has 2 aliphatic rings. The molecule has 0 radical (unpaired) electrons. The van der Waals surface area contributed by atoms with Gasteiger partial charge in [0.2, 0.25) is 5.91 Å². The predicted molar refractivity (Wildman–Crippen MR) is 60.6 cm³/mol. The number of amides is 1. The van der Waals surface area contributed by atoms with E-state index >= 15 is 0 Å². The molecule has 0 aromatic rings. The second-order valence-electron chi connectivity index (χ2n) is 4.28. The molecule has 0 aromatic carbocycles. The third-order valence-electron chi connectivity index (χ3n) is 3.05. The second kappa shape index (κ2) is 5.07. The summed E-state index contributed by atoms with van der Waals surface area (Å²) in [6, 6.07) is 0. The fourth-order valence-electron chi connectivity index (χ4n) is 2.03. The van der Waals surface area contributed by atoms with E-state index in [9.17, 15) is 15.0 Å². The maximum Gasteiger partial charge on any atom is 0.246 e. The summed E-state index contributed by atoms with van der Waals surface area (Å²) in [7, 11) is 0. The predicted octanol–water partition coefficient (Wildman–Crippen LogP) is -1.99. The summed E-state index contributed by atoms with van der Waals surface area (Å²) < 4.78 is 5.33. The number of carbonyl (C=O) groups excluding carboxylic acids is 1. The summed E-state index contributed by atoms with van der Waals surface area (Å²) in [5, 5.41) is 28.5. The summed E-state index contributed by atoms with van der Waals surface area (Å²) >= 11 is 0. The Labute approximate surface area is 104 Å². The summed E-state index contributed by atoms with van der Waals surface area (Å²) in [4.78, 5) is 12.5. The highest BCUT2D eigenvalue weighted by Gasteiger charge is 2.44. The van der Waals surface area contributed by atoms with Gasteiger partial charge in [-0.15, -0.1) is 0 Å². The van der Waals surface area contributed by atoms with Crippen LogP contribution in [0.4, 0.5) is 0 Å². The van der Waals surface area contributed by atoms with Gasteiger partial charge in [-0.25, -0.2) is 0 Å². The standard InChI is InChI=1S/C11H16N2O5/c12-10(17)6-2-1-3-13(4-6)11-9(16)8(15)7(5-14)18-11/h1,3-4,7-9,11,14-16H,2,5H2,(H2,12,17)/t7-,8+,9+,11-/m1/s1. The molecule has 4 atom stereocenters. The molecule has 0 saturated carbocycles. The quantitative estimate of drug-likeness (QED) is 0.465. The van der Waals surface area contributed by atoms with Crippen molar-refractivity contribution < 1.29 is 24.9 Å². The van der Waals surface area contributed by atoms with Gasteiger partial charge in [0, 0.05) is 18.0 Å². The van der Waals surface area contributed by atoms with Crippen molar-refractivity contribution in [3.05, 3.63) is 24.0 Å². The van der Waals surface area contributed by atoms with Crippen LogP contribution in [0.2, 0.25) is 0 Å². The number of hydrogen-bond donors (Lipinski definition) is 4. The molecule has 0 bridgehead atoms. The fraction of sp³-hybridized carbons (Fsp3) is 0.545. The Morgan fingerprint density at radius 1 is 1.50 bits per heavy atom. The summed E-state index contributed by atoms with van der Waals surface area (Å²) in [5.41, 5.74) is 5.57. The second-order valence-corrected chi connectivity index (χ2v) is 4.28. The maximum absolute atomic E-state index is 11.1. The first-order valence-corrected chi connectivity index (χ1v) is 5.61. The van der Waals surface area contributed by atoms with Crippen molar-refractivity contribution in [2.24, 2.45) is 5.73 Å². The van der Waals surface area contributed by atoms with Gasteiger partial charge in [0.05, 0.1) is 6.61 Å². The van der Waals surface area contributed by atoms with E-state index in [2.05, 4.69) is 0 Å². The normalized spacial score (nSPS) is 35.7. The summed E-state index contributed by atoms with van der Waals surface area (Å²) in [6.45, 7) is -0.390. The molecule has 0 spiro atoms. The Balaban J connectivity index is 2.15. The van der Waals surface area contributed by atoms with E-state index in [1.54, 1.807) is 12.3 Å². The Hall–Kier alpha value is -1.41. The summed E-state index contributed by atoms with van der Waals surface area (Å²) in [6.07, 6.45) is 1.20. The zero-order chi connectivity index (χ0) is 13.3. The van der Waals surface area contributed by atoms with Crippen molar-refractivity contribution in [2.75, 3.05) is 6.61 Å². The van der Waals surface area contributed by atoms with Crippen LogP contribution in [-0.4, -0.2) is 57.3 Å². The van der Waals surface area contributed by atoms with Gasteiger partial charge in [0.1, 0.15) is 18.3 Å². The highest BCUT2D eigenvalue weighted by molar-refractivity contribution is 5.92. The largest absolute Gasteiger partial charge is 0.394 e. The lowest BCUT2D eigenvalue weighted by atomic mass is 10.1. The smallest absolute Gasteiger partial charge is 0.246 e. The average Bonchev–Trinajstić information content (AvgIpc) is 2.66. The van der Waals surface area contributed by atoms with Crippen molar-refractivity contribution in [1.29, 1.82) is 0 Å². The lowest BCUT2D eigenvalue weighted by Gasteiger charge is -2.28. The molecule has 2 rings (SSSR count). The number of nitrogens with zero attached hydrogens (tertiary/aromatic N) is 1. The minimum atomic E-state index is -1.17. The van der Waals surface area contributed by atoms with Crippen molar-refractivity contribution in [3.63, 3.8) is 0 Å². The average molecular weight is 256 g/mol. The van der Waals surface area contributed by atoms with Crippen LogP contribution >= 0.6 is 0 Å². The highest BCUT2D eigenvalue weighted by atomic mass is 16.6. The SMILES string of the molecule is NC(=O)C1=CN([C@@H]2O[C@H](CO)[C@H](O)[C@@H]2O)C=CC1. The van der Waals surface area contributed by atoms with E-state index in [4.69, 9.17) is 15.6 Å². The van der Waals surface area contributed by atoms with Crippen LogP contribution in [0.5, 0.6) is 0 Å². The van der Waals surface area contributed by atoms with Crippen LogP contribution in [0, 0.1) is 0 Å². The van der Waals surface area contributed by atoms with Gasteiger partial charge >= 0.3 is 0 Å². The van der Waals surface area contributed by atoms with E-state index in [0.29, 0.717) is 12.0 Å². The van der Waals surface area contributed by atoms with Gasteiger partial charge in [-0.3, -0.25) is 4.79 Å². The van der Waals surface area contributed by atoms with Crippen molar-refractivity contribution in [1.82, 2.24) is 4.90 Å². The maximum atomic E-state index is 11.1. The molecule has 18 heavy (non-hydrogen) atoms. The molecule has 100 valence electrons. The van der Waals surface area contributed by atoms with E-state index in [1.807, 2.05) is 0 Å². The molecule has 0 aliphatic carbocycles. The monoisotopic (exact) mass is 256 g/mol. The molecular weight excluding hydrogens is 240 g/mol. The van der Waals surface area contributed by atoms with E-state index in [1.165, 1.54) is 11.1 Å². The van der Waals surface area contributed by atoms with Crippen LogP contribution in [-0.2, 0) is 9.53 Å². The molecule has 1 saturated heterocycles.